The summed E-state index contributed by atoms with van der Waals surface area (Å²) in [5, 5.41) is 3.88. The number of nitrogens with zero attached hydrogens (tertiary/aromatic N) is 1. The van der Waals surface area contributed by atoms with Crippen LogP contribution in [0.25, 0.3) is 5.57 Å². The summed E-state index contributed by atoms with van der Waals surface area (Å²) in [5.41, 5.74) is 2.77. The molecule has 0 bridgehead atoms. The van der Waals surface area contributed by atoms with E-state index in [4.69, 9.17) is 27.9 Å². The fraction of sp³-hybridized carbons (Fsp3) is 0.304. The molecule has 0 unspecified atom stereocenters. The maximum atomic E-state index is 13.2. The quantitative estimate of drug-likeness (QED) is 0.567. The van der Waals surface area contributed by atoms with Crippen molar-refractivity contribution in [2.75, 3.05) is 18.5 Å². The van der Waals surface area contributed by atoms with E-state index in [1.807, 2.05) is 38.1 Å². The van der Waals surface area contributed by atoms with E-state index in [0.29, 0.717) is 21.3 Å². The molecule has 158 valence electrons. The van der Waals surface area contributed by atoms with Crippen LogP contribution >= 0.6 is 23.2 Å². The van der Waals surface area contributed by atoms with Crippen molar-refractivity contribution in [3.63, 3.8) is 0 Å². The number of anilines is 1. The van der Waals surface area contributed by atoms with Crippen LogP contribution in [0, 0.1) is 0 Å². The Labute approximate surface area is 186 Å². The minimum Gasteiger partial charge on any atom is -0.377 e. The molecule has 0 atom stereocenters. The van der Waals surface area contributed by atoms with Crippen molar-refractivity contribution in [1.82, 2.24) is 4.90 Å². The Kier molecular flexibility index (Phi) is 7.19. The first kappa shape index (κ1) is 22.3. The molecule has 1 heterocycles. The van der Waals surface area contributed by atoms with Crippen molar-refractivity contribution in [2.45, 2.75) is 33.3 Å². The number of rotatable bonds is 8. The number of amides is 2. The number of ether oxygens (including phenoxy) is 1. The molecular formula is C23H24Cl2N2O3. The monoisotopic (exact) mass is 446 g/mol. The van der Waals surface area contributed by atoms with Crippen molar-refractivity contribution < 1.29 is 14.3 Å². The van der Waals surface area contributed by atoms with Crippen LogP contribution in [0.5, 0.6) is 0 Å². The number of nitrogens with one attached hydrogen (secondary N) is 1. The van der Waals surface area contributed by atoms with Gasteiger partial charge in [-0.1, -0.05) is 48.3 Å². The van der Waals surface area contributed by atoms with E-state index in [1.54, 1.807) is 18.2 Å². The third kappa shape index (κ3) is 4.86. The van der Waals surface area contributed by atoms with Crippen LogP contribution in [-0.2, 0) is 20.7 Å². The summed E-state index contributed by atoms with van der Waals surface area (Å²) >= 11 is 12.4. The molecule has 7 heteroatoms. The molecule has 0 saturated heterocycles. The van der Waals surface area contributed by atoms with Gasteiger partial charge in [0.2, 0.25) is 0 Å². The lowest BCUT2D eigenvalue weighted by Gasteiger charge is -2.16. The Hall–Kier alpha value is -2.34. The first-order valence-corrected chi connectivity index (χ1v) is 10.6. The first-order chi connectivity index (χ1) is 14.3. The van der Waals surface area contributed by atoms with Crippen molar-refractivity contribution in [2.24, 2.45) is 0 Å². The molecule has 2 aromatic rings. The summed E-state index contributed by atoms with van der Waals surface area (Å²) < 4.78 is 5.53. The zero-order chi connectivity index (χ0) is 21.8. The number of halogens is 2. The van der Waals surface area contributed by atoms with Crippen LogP contribution in [-0.4, -0.2) is 36.0 Å². The van der Waals surface area contributed by atoms with Crippen LogP contribution in [0.15, 0.2) is 48.2 Å². The smallest absolute Gasteiger partial charge is 0.278 e. The highest BCUT2D eigenvalue weighted by Gasteiger charge is 2.39. The van der Waals surface area contributed by atoms with Crippen LogP contribution in [0.3, 0.4) is 0 Å². The van der Waals surface area contributed by atoms with Gasteiger partial charge in [0.25, 0.3) is 11.8 Å². The van der Waals surface area contributed by atoms with E-state index in [0.717, 1.165) is 6.42 Å². The second-order valence-corrected chi connectivity index (χ2v) is 8.07. The van der Waals surface area contributed by atoms with Gasteiger partial charge in [0.15, 0.2) is 0 Å². The van der Waals surface area contributed by atoms with Crippen molar-refractivity contribution >= 4 is 46.3 Å². The zero-order valence-electron chi connectivity index (χ0n) is 17.2. The molecule has 0 fully saturated rings. The topological polar surface area (TPSA) is 58.6 Å². The Balaban J connectivity index is 1.98. The zero-order valence-corrected chi connectivity index (χ0v) is 18.7. The van der Waals surface area contributed by atoms with Crippen molar-refractivity contribution in [3.8, 4) is 0 Å². The maximum Gasteiger partial charge on any atom is 0.278 e. The van der Waals surface area contributed by atoms with Gasteiger partial charge in [-0.3, -0.25) is 14.5 Å². The summed E-state index contributed by atoms with van der Waals surface area (Å²) in [5.74, 6) is -0.822. The molecular weight excluding hydrogens is 423 g/mol. The molecule has 0 radical (unpaired) electrons. The summed E-state index contributed by atoms with van der Waals surface area (Å²) in [7, 11) is 0. The second kappa shape index (κ2) is 9.65. The molecule has 5 nitrogen and oxygen atoms in total. The van der Waals surface area contributed by atoms with E-state index in [-0.39, 0.29) is 30.5 Å². The number of carbonyl (C=O) groups excluding carboxylic acids is 2. The van der Waals surface area contributed by atoms with E-state index in [2.05, 4.69) is 12.2 Å². The molecule has 1 aliphatic heterocycles. The first-order valence-electron chi connectivity index (χ1n) is 9.85. The van der Waals surface area contributed by atoms with Gasteiger partial charge >= 0.3 is 0 Å². The number of imide groups is 1. The average molecular weight is 447 g/mol. The summed E-state index contributed by atoms with van der Waals surface area (Å²) in [4.78, 5) is 27.5. The van der Waals surface area contributed by atoms with Gasteiger partial charge in [-0.05, 0) is 50.1 Å². The molecule has 2 aromatic carbocycles. The Bertz CT molecular complexity index is 984. The van der Waals surface area contributed by atoms with Gasteiger partial charge in [-0.2, -0.15) is 0 Å². The Morgan fingerprint density at radius 3 is 2.33 bits per heavy atom. The largest absolute Gasteiger partial charge is 0.377 e. The van der Waals surface area contributed by atoms with Gasteiger partial charge < -0.3 is 10.1 Å². The molecule has 1 N–H and O–H groups in total. The molecule has 0 spiro atoms. The van der Waals surface area contributed by atoms with E-state index >= 15 is 0 Å². The summed E-state index contributed by atoms with van der Waals surface area (Å²) in [6.07, 6.45) is 0.918. The van der Waals surface area contributed by atoms with Crippen LogP contribution in [0.1, 0.15) is 31.9 Å². The molecule has 1 aliphatic rings. The minimum absolute atomic E-state index is 0.00521. The summed E-state index contributed by atoms with van der Waals surface area (Å²) in [6, 6.07) is 12.6. The SMILES string of the molecule is CCc1ccc(NC2=C(c3ccc(Cl)cc3Cl)C(=O)N(CCOC(C)C)C2=O)cc1. The van der Waals surface area contributed by atoms with E-state index in [1.165, 1.54) is 10.5 Å². The fourth-order valence-electron chi connectivity index (χ4n) is 3.18. The van der Waals surface area contributed by atoms with E-state index in [9.17, 15) is 9.59 Å². The number of hydrogen-bond donors (Lipinski definition) is 1. The Morgan fingerprint density at radius 1 is 1.03 bits per heavy atom. The highest BCUT2D eigenvalue weighted by atomic mass is 35.5. The Morgan fingerprint density at radius 2 is 1.73 bits per heavy atom. The van der Waals surface area contributed by atoms with Crippen molar-refractivity contribution in [1.29, 1.82) is 0 Å². The van der Waals surface area contributed by atoms with Crippen LogP contribution in [0.2, 0.25) is 10.0 Å². The molecule has 0 aliphatic carbocycles. The molecule has 3 rings (SSSR count). The maximum absolute atomic E-state index is 13.2. The molecule has 0 saturated carbocycles. The number of carbonyl (C=O) groups is 2. The lowest BCUT2D eigenvalue weighted by molar-refractivity contribution is -0.137. The fourth-order valence-corrected chi connectivity index (χ4v) is 3.69. The predicted octanol–water partition coefficient (Wildman–Crippen LogP) is 5.17. The second-order valence-electron chi connectivity index (χ2n) is 7.23. The molecule has 30 heavy (non-hydrogen) atoms. The van der Waals surface area contributed by atoms with Gasteiger partial charge in [0, 0.05) is 16.3 Å². The highest BCUT2D eigenvalue weighted by Crippen LogP contribution is 2.35. The molecule has 2 amide bonds. The number of benzene rings is 2. The lowest BCUT2D eigenvalue weighted by atomic mass is 10.0. The van der Waals surface area contributed by atoms with E-state index < -0.39 is 11.8 Å². The lowest BCUT2D eigenvalue weighted by Crippen LogP contribution is -2.35. The predicted molar refractivity (Wildman–Crippen MR) is 121 cm³/mol. The van der Waals surface area contributed by atoms with Crippen LogP contribution in [0.4, 0.5) is 5.69 Å². The standard InChI is InChI=1S/C23H24Cl2N2O3/c1-4-15-5-8-17(9-6-15)26-21-20(18-10-7-16(24)13-19(18)25)22(28)27(23(21)29)11-12-30-14(2)3/h5-10,13-14,26H,4,11-12H2,1-3H3. The normalized spacial score (nSPS) is 14.3. The van der Waals surface area contributed by atoms with Crippen LogP contribution < -0.4 is 5.32 Å². The average Bonchev–Trinajstić information content (AvgIpc) is 2.93. The highest BCUT2D eigenvalue weighted by molar-refractivity contribution is 6.41. The van der Waals surface area contributed by atoms with Gasteiger partial charge in [-0.25, -0.2) is 0 Å². The minimum atomic E-state index is -0.413. The molecule has 0 aromatic heterocycles. The van der Waals surface area contributed by atoms with Gasteiger partial charge in [-0.15, -0.1) is 0 Å². The van der Waals surface area contributed by atoms with Gasteiger partial charge in [0.1, 0.15) is 5.70 Å². The number of hydrogen-bond acceptors (Lipinski definition) is 4. The third-order valence-electron chi connectivity index (χ3n) is 4.77. The third-order valence-corrected chi connectivity index (χ3v) is 5.31. The van der Waals surface area contributed by atoms with Crippen molar-refractivity contribution in [3.05, 3.63) is 69.3 Å². The number of aryl methyl sites for hydroxylation is 1. The summed E-state index contributed by atoms with van der Waals surface area (Å²) in [6.45, 7) is 6.29. The van der Waals surface area contributed by atoms with Gasteiger partial charge in [0.05, 0.1) is 29.9 Å².